The van der Waals surface area contributed by atoms with Gasteiger partial charge in [0.1, 0.15) is 11.7 Å². The van der Waals surface area contributed by atoms with Gasteiger partial charge in [-0.25, -0.2) is 4.98 Å². The quantitative estimate of drug-likeness (QED) is 0.905. The molecule has 0 unspecified atom stereocenters. The second kappa shape index (κ2) is 6.26. The van der Waals surface area contributed by atoms with Crippen LogP contribution in [0.2, 0.25) is 0 Å². The summed E-state index contributed by atoms with van der Waals surface area (Å²) in [6, 6.07) is 14.1. The van der Waals surface area contributed by atoms with Crippen LogP contribution in [0.15, 0.2) is 71.5 Å². The molecule has 1 aliphatic rings. The van der Waals surface area contributed by atoms with Crippen molar-refractivity contribution in [3.05, 3.63) is 72.1 Å². The molecule has 3 rings (SSSR count). The molecular weight excluding hydrogens is 272 g/mol. The predicted molar refractivity (Wildman–Crippen MR) is 92.2 cm³/mol. The molecule has 0 saturated carbocycles. The molecule has 4 nitrogen and oxygen atoms in total. The van der Waals surface area contributed by atoms with Crippen molar-refractivity contribution in [3.8, 4) is 0 Å². The van der Waals surface area contributed by atoms with Crippen molar-refractivity contribution in [3.63, 3.8) is 0 Å². The lowest BCUT2D eigenvalue weighted by Gasteiger charge is -2.09. The third-order valence-corrected chi connectivity index (χ3v) is 3.53. The molecule has 0 fully saturated rings. The van der Waals surface area contributed by atoms with Crippen molar-refractivity contribution < 1.29 is 0 Å². The van der Waals surface area contributed by atoms with E-state index in [1.165, 1.54) is 0 Å². The summed E-state index contributed by atoms with van der Waals surface area (Å²) in [7, 11) is 1.79. The highest BCUT2D eigenvalue weighted by Gasteiger charge is 2.18. The summed E-state index contributed by atoms with van der Waals surface area (Å²) in [6.07, 6.45) is 5.87. The summed E-state index contributed by atoms with van der Waals surface area (Å²) in [5.41, 5.74) is 4.36. The van der Waals surface area contributed by atoms with Gasteiger partial charge in [-0.15, -0.1) is 0 Å². The van der Waals surface area contributed by atoms with Crippen LogP contribution >= 0.6 is 0 Å². The van der Waals surface area contributed by atoms with Gasteiger partial charge in [-0.2, -0.15) is 0 Å². The van der Waals surface area contributed by atoms with E-state index in [1.807, 2.05) is 61.8 Å². The molecule has 0 saturated heterocycles. The molecule has 2 aromatic rings. The fourth-order valence-corrected chi connectivity index (χ4v) is 2.48. The molecule has 0 amide bonds. The highest BCUT2D eigenvalue weighted by atomic mass is 15.0. The molecule has 2 heterocycles. The van der Waals surface area contributed by atoms with Gasteiger partial charge in [0.2, 0.25) is 0 Å². The van der Waals surface area contributed by atoms with Crippen LogP contribution in [-0.4, -0.2) is 17.9 Å². The Bertz CT molecular complexity index is 758. The second-order valence-corrected chi connectivity index (χ2v) is 4.90. The minimum atomic E-state index is 0.821. The minimum absolute atomic E-state index is 0.821. The molecule has 1 aromatic carbocycles. The van der Waals surface area contributed by atoms with Gasteiger partial charge in [0, 0.05) is 36.3 Å². The van der Waals surface area contributed by atoms with E-state index >= 15 is 0 Å². The standard InChI is InChI=1S/C18H18N4/c1-3-15-16(12-21-18(15)19-2)13-9-10-20-17(11-13)22-14-7-5-4-6-8-14/h3-12H,1-2H3,(H,19,21)(H,20,22)/b15-3-. The van der Waals surface area contributed by atoms with Gasteiger partial charge in [0.05, 0.1) is 0 Å². The Labute approximate surface area is 130 Å². The number of rotatable bonds is 3. The number of hydrogen-bond acceptors (Lipinski definition) is 3. The van der Waals surface area contributed by atoms with E-state index in [0.717, 1.165) is 34.1 Å². The largest absolute Gasteiger partial charge is 0.346 e. The molecule has 0 aliphatic carbocycles. The number of hydrogen-bond donors (Lipinski definition) is 2. The molecule has 0 spiro atoms. The van der Waals surface area contributed by atoms with E-state index in [4.69, 9.17) is 0 Å². The summed E-state index contributed by atoms with van der Waals surface area (Å²) in [5, 5.41) is 6.52. The van der Waals surface area contributed by atoms with Crippen molar-refractivity contribution in [2.24, 2.45) is 4.99 Å². The maximum Gasteiger partial charge on any atom is 0.132 e. The number of benzene rings is 1. The molecule has 0 radical (unpaired) electrons. The molecule has 1 aliphatic heterocycles. The van der Waals surface area contributed by atoms with Gasteiger partial charge in [-0.3, -0.25) is 4.99 Å². The van der Waals surface area contributed by atoms with E-state index in [2.05, 4.69) is 26.7 Å². The van der Waals surface area contributed by atoms with Gasteiger partial charge >= 0.3 is 0 Å². The summed E-state index contributed by atoms with van der Waals surface area (Å²) >= 11 is 0. The predicted octanol–water partition coefficient (Wildman–Crippen LogP) is 3.74. The highest BCUT2D eigenvalue weighted by molar-refractivity contribution is 6.16. The van der Waals surface area contributed by atoms with Crippen molar-refractivity contribution in [1.82, 2.24) is 10.3 Å². The molecule has 4 heteroatoms. The third-order valence-electron chi connectivity index (χ3n) is 3.53. The van der Waals surface area contributed by atoms with Gasteiger partial charge in [0.15, 0.2) is 0 Å². The lowest BCUT2D eigenvalue weighted by atomic mass is 10.0. The van der Waals surface area contributed by atoms with Gasteiger partial charge in [-0.1, -0.05) is 24.3 Å². The maximum atomic E-state index is 4.39. The zero-order chi connectivity index (χ0) is 15.4. The fraction of sp³-hybridized carbons (Fsp3) is 0.111. The van der Waals surface area contributed by atoms with E-state index in [0.29, 0.717) is 0 Å². The van der Waals surface area contributed by atoms with Crippen LogP contribution in [-0.2, 0) is 0 Å². The van der Waals surface area contributed by atoms with Crippen molar-refractivity contribution in [2.45, 2.75) is 6.92 Å². The summed E-state index contributed by atoms with van der Waals surface area (Å²) < 4.78 is 0. The van der Waals surface area contributed by atoms with Crippen LogP contribution in [0, 0.1) is 0 Å². The molecule has 0 atom stereocenters. The number of nitrogens with one attached hydrogen (secondary N) is 2. The van der Waals surface area contributed by atoms with Gasteiger partial charge in [-0.05, 0) is 36.8 Å². The summed E-state index contributed by atoms with van der Waals surface area (Å²) in [6.45, 7) is 2.02. The number of anilines is 2. The Morgan fingerprint density at radius 1 is 1.18 bits per heavy atom. The summed E-state index contributed by atoms with van der Waals surface area (Å²) in [5.74, 6) is 1.72. The second-order valence-electron chi connectivity index (χ2n) is 4.90. The van der Waals surface area contributed by atoms with Crippen LogP contribution in [0.3, 0.4) is 0 Å². The van der Waals surface area contributed by atoms with Crippen LogP contribution in [0.1, 0.15) is 12.5 Å². The first kappa shape index (κ1) is 14.1. The minimum Gasteiger partial charge on any atom is -0.346 e. The zero-order valence-corrected chi connectivity index (χ0v) is 12.7. The Kier molecular flexibility index (Phi) is 4.01. The van der Waals surface area contributed by atoms with Gasteiger partial charge in [0.25, 0.3) is 0 Å². The number of aromatic nitrogens is 1. The normalized spacial score (nSPS) is 17.5. The first-order valence-corrected chi connectivity index (χ1v) is 7.21. The number of aliphatic imine (C=N–C) groups is 1. The van der Waals surface area contributed by atoms with Crippen LogP contribution in [0.4, 0.5) is 11.5 Å². The number of para-hydroxylation sites is 1. The lowest BCUT2D eigenvalue weighted by Crippen LogP contribution is -2.12. The van der Waals surface area contributed by atoms with E-state index in [1.54, 1.807) is 7.05 Å². The number of nitrogens with zero attached hydrogens (tertiary/aromatic N) is 2. The van der Waals surface area contributed by atoms with Crippen molar-refractivity contribution in [1.29, 1.82) is 0 Å². The van der Waals surface area contributed by atoms with Crippen molar-refractivity contribution >= 4 is 22.9 Å². The van der Waals surface area contributed by atoms with Crippen LogP contribution in [0.5, 0.6) is 0 Å². The summed E-state index contributed by atoms with van der Waals surface area (Å²) in [4.78, 5) is 8.65. The maximum absolute atomic E-state index is 4.39. The van der Waals surface area contributed by atoms with E-state index in [-0.39, 0.29) is 0 Å². The van der Waals surface area contributed by atoms with E-state index in [9.17, 15) is 0 Å². The monoisotopic (exact) mass is 290 g/mol. The average molecular weight is 290 g/mol. The Hall–Kier alpha value is -2.88. The number of pyridine rings is 1. The molecule has 22 heavy (non-hydrogen) atoms. The average Bonchev–Trinajstić information content (AvgIpc) is 2.99. The molecule has 110 valence electrons. The highest BCUT2D eigenvalue weighted by Crippen LogP contribution is 2.28. The van der Waals surface area contributed by atoms with E-state index < -0.39 is 0 Å². The lowest BCUT2D eigenvalue weighted by molar-refractivity contribution is 1.27. The third kappa shape index (κ3) is 2.76. The SMILES string of the molecule is C/C=C1/C(c2ccnc(Nc3ccccc3)c2)=CNC1=NC. The smallest absolute Gasteiger partial charge is 0.132 e. The van der Waals surface area contributed by atoms with Crippen molar-refractivity contribution in [2.75, 3.05) is 12.4 Å². The number of amidine groups is 1. The molecular formula is C18H18N4. The molecule has 2 N–H and O–H groups in total. The first-order chi connectivity index (χ1) is 10.8. The van der Waals surface area contributed by atoms with Crippen LogP contribution in [0.25, 0.3) is 5.57 Å². The zero-order valence-electron chi connectivity index (χ0n) is 12.7. The van der Waals surface area contributed by atoms with Crippen LogP contribution < -0.4 is 10.6 Å². The number of allylic oxidation sites excluding steroid dienone is 1. The first-order valence-electron chi connectivity index (χ1n) is 7.21. The topological polar surface area (TPSA) is 49.3 Å². The fourth-order valence-electron chi connectivity index (χ4n) is 2.48. The van der Waals surface area contributed by atoms with Gasteiger partial charge < -0.3 is 10.6 Å². The Morgan fingerprint density at radius 2 is 2.00 bits per heavy atom. The molecule has 0 bridgehead atoms. The Balaban J connectivity index is 1.89. The molecule has 1 aromatic heterocycles. The Morgan fingerprint density at radius 3 is 2.73 bits per heavy atom.